The van der Waals surface area contributed by atoms with Crippen LogP contribution in [0.5, 0.6) is 5.88 Å². The Balaban J connectivity index is 2.70. The van der Waals surface area contributed by atoms with Gasteiger partial charge in [-0.25, -0.2) is 4.98 Å². The number of nitrogens with zero attached hydrogens (tertiary/aromatic N) is 3. The van der Waals surface area contributed by atoms with Crippen molar-refractivity contribution in [3.8, 4) is 5.88 Å². The van der Waals surface area contributed by atoms with Crippen molar-refractivity contribution in [3.05, 3.63) is 16.4 Å². The highest BCUT2D eigenvalue weighted by Crippen LogP contribution is 2.30. The Kier molecular flexibility index (Phi) is 6.51. The molecule has 0 aliphatic carbocycles. The molecule has 8 heteroatoms. The third-order valence-corrected chi connectivity index (χ3v) is 2.21. The third-order valence-electron chi connectivity index (χ3n) is 2.21. The Morgan fingerprint density at radius 2 is 2.16 bits per heavy atom. The minimum atomic E-state index is -0.546. The summed E-state index contributed by atoms with van der Waals surface area (Å²) in [4.78, 5) is 18.1. The minimum Gasteiger partial charge on any atom is -0.473 e. The van der Waals surface area contributed by atoms with Crippen LogP contribution >= 0.6 is 0 Å². The molecule has 0 saturated heterocycles. The van der Waals surface area contributed by atoms with Crippen molar-refractivity contribution in [2.75, 3.05) is 31.7 Å². The number of rotatable bonds is 9. The molecule has 0 saturated carbocycles. The van der Waals surface area contributed by atoms with Crippen LogP contribution < -0.4 is 10.1 Å². The Hall–Kier alpha value is -1.96. The van der Waals surface area contributed by atoms with Gasteiger partial charge in [-0.15, -0.1) is 0 Å². The van der Waals surface area contributed by atoms with Gasteiger partial charge in [0, 0.05) is 19.8 Å². The molecule has 0 atom stereocenters. The molecule has 0 aliphatic rings. The smallest absolute Gasteiger partial charge is 0.372 e. The van der Waals surface area contributed by atoms with Gasteiger partial charge in [0.05, 0.1) is 11.5 Å². The van der Waals surface area contributed by atoms with E-state index in [0.29, 0.717) is 26.4 Å². The monoisotopic (exact) mass is 270 g/mol. The molecule has 0 spiro atoms. The summed E-state index contributed by atoms with van der Waals surface area (Å²) in [6.45, 7) is 5.74. The minimum absolute atomic E-state index is 0.0187. The molecule has 0 bridgehead atoms. The van der Waals surface area contributed by atoms with E-state index in [1.807, 2.05) is 6.92 Å². The predicted octanol–water partition coefficient (Wildman–Crippen LogP) is 1.62. The van der Waals surface area contributed by atoms with Crippen LogP contribution in [0.4, 0.5) is 11.5 Å². The standard InChI is InChI=1S/C11H18N4O4/c1-3-18-7-5-6-12-10-9(15(16)17)11(19-4-2)14-8-13-10/h8H,3-7H2,1-2H3,(H,12,13,14). The summed E-state index contributed by atoms with van der Waals surface area (Å²) >= 11 is 0. The average molecular weight is 270 g/mol. The fourth-order valence-electron chi connectivity index (χ4n) is 1.42. The first-order valence-corrected chi connectivity index (χ1v) is 6.14. The Morgan fingerprint density at radius 3 is 2.79 bits per heavy atom. The number of hydrogen-bond acceptors (Lipinski definition) is 7. The molecule has 1 heterocycles. The molecule has 19 heavy (non-hydrogen) atoms. The second-order valence-corrected chi connectivity index (χ2v) is 3.54. The van der Waals surface area contributed by atoms with E-state index in [1.54, 1.807) is 6.92 Å². The van der Waals surface area contributed by atoms with Gasteiger partial charge in [0.15, 0.2) is 0 Å². The topological polar surface area (TPSA) is 99.4 Å². The van der Waals surface area contributed by atoms with Gasteiger partial charge in [0.25, 0.3) is 5.88 Å². The second kappa shape index (κ2) is 8.20. The number of aromatic nitrogens is 2. The first-order chi connectivity index (χ1) is 9.20. The van der Waals surface area contributed by atoms with E-state index in [2.05, 4.69) is 15.3 Å². The normalized spacial score (nSPS) is 10.2. The first-order valence-electron chi connectivity index (χ1n) is 6.14. The van der Waals surface area contributed by atoms with Crippen molar-refractivity contribution in [2.45, 2.75) is 20.3 Å². The zero-order chi connectivity index (χ0) is 14.1. The summed E-state index contributed by atoms with van der Waals surface area (Å²) in [5.41, 5.74) is -0.235. The Bertz CT molecular complexity index is 414. The lowest BCUT2D eigenvalue weighted by Crippen LogP contribution is -2.10. The number of hydrogen-bond donors (Lipinski definition) is 1. The van der Waals surface area contributed by atoms with E-state index < -0.39 is 4.92 Å². The predicted molar refractivity (Wildman–Crippen MR) is 69.5 cm³/mol. The maximum Gasteiger partial charge on any atom is 0.372 e. The number of nitro groups is 1. The Morgan fingerprint density at radius 1 is 1.37 bits per heavy atom. The van der Waals surface area contributed by atoms with E-state index in [4.69, 9.17) is 9.47 Å². The first kappa shape index (κ1) is 15.1. The molecule has 0 radical (unpaired) electrons. The van der Waals surface area contributed by atoms with Crippen LogP contribution in [-0.4, -0.2) is 41.3 Å². The molecule has 0 amide bonds. The molecule has 1 aromatic rings. The molecule has 8 nitrogen and oxygen atoms in total. The molecule has 0 unspecified atom stereocenters. The van der Waals surface area contributed by atoms with Gasteiger partial charge in [-0.3, -0.25) is 10.1 Å². The van der Waals surface area contributed by atoms with Gasteiger partial charge in [-0.1, -0.05) is 0 Å². The highest BCUT2D eigenvalue weighted by atomic mass is 16.6. The maximum absolute atomic E-state index is 11.0. The van der Waals surface area contributed by atoms with Crippen LogP contribution in [-0.2, 0) is 4.74 Å². The van der Waals surface area contributed by atoms with Crippen LogP contribution in [0.25, 0.3) is 0 Å². The van der Waals surface area contributed by atoms with Crippen molar-refractivity contribution in [3.63, 3.8) is 0 Å². The average Bonchev–Trinajstić information content (AvgIpc) is 2.38. The van der Waals surface area contributed by atoms with Gasteiger partial charge in [-0.05, 0) is 20.3 Å². The molecule has 106 valence electrons. The SMILES string of the molecule is CCOCCCNc1ncnc(OCC)c1[N+](=O)[O-]. The molecule has 1 rings (SSSR count). The summed E-state index contributed by atoms with van der Waals surface area (Å²) in [6, 6.07) is 0. The summed E-state index contributed by atoms with van der Waals surface area (Å²) < 4.78 is 10.3. The quantitative estimate of drug-likeness (QED) is 0.413. The summed E-state index contributed by atoms with van der Waals surface area (Å²) in [5, 5.41) is 13.9. The maximum atomic E-state index is 11.0. The fourth-order valence-corrected chi connectivity index (χ4v) is 1.42. The van der Waals surface area contributed by atoms with E-state index in [9.17, 15) is 10.1 Å². The van der Waals surface area contributed by atoms with Gasteiger partial charge in [-0.2, -0.15) is 4.98 Å². The zero-order valence-electron chi connectivity index (χ0n) is 11.1. The molecule has 1 aromatic heterocycles. The highest BCUT2D eigenvalue weighted by molar-refractivity contribution is 5.60. The number of anilines is 1. The lowest BCUT2D eigenvalue weighted by Gasteiger charge is -2.08. The van der Waals surface area contributed by atoms with Crippen LogP contribution in [0.3, 0.4) is 0 Å². The Labute approximate surface area is 111 Å². The molecular weight excluding hydrogens is 252 g/mol. The molecule has 0 aromatic carbocycles. The zero-order valence-corrected chi connectivity index (χ0v) is 11.1. The van der Waals surface area contributed by atoms with E-state index in [-0.39, 0.29) is 17.4 Å². The van der Waals surface area contributed by atoms with Crippen LogP contribution in [0, 0.1) is 10.1 Å². The van der Waals surface area contributed by atoms with Crippen LogP contribution in [0.15, 0.2) is 6.33 Å². The lowest BCUT2D eigenvalue weighted by molar-refractivity contribution is -0.385. The number of ether oxygens (including phenoxy) is 2. The van der Waals surface area contributed by atoms with Crippen LogP contribution in [0.2, 0.25) is 0 Å². The van der Waals surface area contributed by atoms with Gasteiger partial charge in [0.2, 0.25) is 5.82 Å². The molecule has 0 fully saturated rings. The van der Waals surface area contributed by atoms with E-state index >= 15 is 0 Å². The van der Waals surface area contributed by atoms with Gasteiger partial charge >= 0.3 is 5.69 Å². The summed E-state index contributed by atoms with van der Waals surface area (Å²) in [6.07, 6.45) is 1.97. The van der Waals surface area contributed by atoms with Gasteiger partial charge in [0.1, 0.15) is 6.33 Å². The largest absolute Gasteiger partial charge is 0.473 e. The number of nitrogens with one attached hydrogen (secondary N) is 1. The van der Waals surface area contributed by atoms with Crippen molar-refractivity contribution >= 4 is 11.5 Å². The van der Waals surface area contributed by atoms with Crippen LogP contribution in [0.1, 0.15) is 20.3 Å². The van der Waals surface area contributed by atoms with E-state index in [1.165, 1.54) is 6.33 Å². The van der Waals surface area contributed by atoms with Crippen molar-refractivity contribution in [1.82, 2.24) is 9.97 Å². The summed E-state index contributed by atoms with van der Waals surface area (Å²) in [5.74, 6) is 0.148. The molecular formula is C11H18N4O4. The highest BCUT2D eigenvalue weighted by Gasteiger charge is 2.23. The lowest BCUT2D eigenvalue weighted by atomic mass is 10.4. The molecule has 1 N–H and O–H groups in total. The van der Waals surface area contributed by atoms with Crippen molar-refractivity contribution in [1.29, 1.82) is 0 Å². The summed E-state index contributed by atoms with van der Waals surface area (Å²) in [7, 11) is 0. The second-order valence-electron chi connectivity index (χ2n) is 3.54. The van der Waals surface area contributed by atoms with Crippen molar-refractivity contribution in [2.24, 2.45) is 0 Å². The third kappa shape index (κ3) is 4.66. The fraction of sp³-hybridized carbons (Fsp3) is 0.636. The van der Waals surface area contributed by atoms with Gasteiger partial charge < -0.3 is 14.8 Å². The van der Waals surface area contributed by atoms with Crippen molar-refractivity contribution < 1.29 is 14.4 Å². The van der Waals surface area contributed by atoms with E-state index in [0.717, 1.165) is 6.42 Å². The molecule has 0 aliphatic heterocycles.